The lowest BCUT2D eigenvalue weighted by Gasteiger charge is -2.05. The monoisotopic (exact) mass is 256 g/mol. The van der Waals surface area contributed by atoms with E-state index in [9.17, 15) is 0 Å². The maximum Gasteiger partial charge on any atom is 0.126 e. The second-order valence-corrected chi connectivity index (χ2v) is 4.43. The van der Waals surface area contributed by atoms with Gasteiger partial charge in [-0.2, -0.15) is 0 Å². The van der Waals surface area contributed by atoms with Gasteiger partial charge in [0.05, 0.1) is 5.03 Å². The molecule has 3 heteroatoms. The van der Waals surface area contributed by atoms with Gasteiger partial charge < -0.3 is 0 Å². The predicted molar refractivity (Wildman–Crippen MR) is 68.4 cm³/mol. The van der Waals surface area contributed by atoms with Gasteiger partial charge in [-0.25, -0.2) is 0 Å². The van der Waals surface area contributed by atoms with E-state index in [-0.39, 0.29) is 4.49 Å². The Bertz CT molecular complexity index is 520. The van der Waals surface area contributed by atoms with Crippen LogP contribution < -0.4 is 0 Å². The molecule has 0 aliphatic carbocycles. The van der Waals surface area contributed by atoms with Crippen molar-refractivity contribution in [3.8, 4) is 0 Å². The van der Waals surface area contributed by atoms with E-state index in [0.29, 0.717) is 5.03 Å². The minimum Gasteiger partial charge on any atom is -0.0810 e. The highest BCUT2D eigenvalue weighted by Crippen LogP contribution is 2.32. The molecule has 0 bridgehead atoms. The summed E-state index contributed by atoms with van der Waals surface area (Å²) < 4.78 is 0.0908. The molecule has 0 nitrogen and oxygen atoms in total. The summed E-state index contributed by atoms with van der Waals surface area (Å²) in [5.41, 5.74) is 0.856. The average molecular weight is 258 g/mol. The van der Waals surface area contributed by atoms with Gasteiger partial charge in [0.15, 0.2) is 0 Å². The normalized spacial score (nSPS) is 10.3. The Morgan fingerprint density at radius 2 is 1.47 bits per heavy atom. The van der Waals surface area contributed by atoms with Gasteiger partial charge in [0.1, 0.15) is 4.49 Å². The van der Waals surface area contributed by atoms with Crippen molar-refractivity contribution < 1.29 is 0 Å². The van der Waals surface area contributed by atoms with E-state index >= 15 is 0 Å². The standard InChI is InChI=1S/C12H7Cl3/c13-11(12(14)15)10-7-3-5-8-4-1-2-6-9(8)10/h1-7H. The van der Waals surface area contributed by atoms with Crippen LogP contribution in [0.1, 0.15) is 5.56 Å². The van der Waals surface area contributed by atoms with Crippen LogP contribution in [0.4, 0.5) is 0 Å². The molecule has 0 fully saturated rings. The van der Waals surface area contributed by atoms with Crippen molar-refractivity contribution in [2.45, 2.75) is 0 Å². The van der Waals surface area contributed by atoms with E-state index in [0.717, 1.165) is 16.3 Å². The Morgan fingerprint density at radius 1 is 0.800 bits per heavy atom. The van der Waals surface area contributed by atoms with Crippen LogP contribution in [-0.4, -0.2) is 0 Å². The molecule has 0 saturated heterocycles. The Morgan fingerprint density at radius 3 is 2.20 bits per heavy atom. The Balaban J connectivity index is 2.77. The molecule has 0 saturated carbocycles. The number of rotatable bonds is 1. The molecule has 76 valence electrons. The van der Waals surface area contributed by atoms with Crippen LogP contribution in [0.3, 0.4) is 0 Å². The first-order chi connectivity index (χ1) is 7.20. The third kappa shape index (κ3) is 2.12. The van der Waals surface area contributed by atoms with Crippen LogP contribution in [0.5, 0.6) is 0 Å². The zero-order valence-corrected chi connectivity index (χ0v) is 9.94. The molecule has 0 radical (unpaired) electrons. The van der Waals surface area contributed by atoms with Crippen LogP contribution >= 0.6 is 34.8 Å². The third-order valence-electron chi connectivity index (χ3n) is 2.19. The lowest BCUT2D eigenvalue weighted by atomic mass is 10.0. The van der Waals surface area contributed by atoms with E-state index in [4.69, 9.17) is 34.8 Å². The molecule has 2 rings (SSSR count). The quantitative estimate of drug-likeness (QED) is 0.660. The lowest BCUT2D eigenvalue weighted by molar-refractivity contribution is 1.70. The second kappa shape index (κ2) is 4.44. The first kappa shape index (κ1) is 10.8. The number of benzene rings is 2. The summed E-state index contributed by atoms with van der Waals surface area (Å²) in [5.74, 6) is 0. The van der Waals surface area contributed by atoms with E-state index in [2.05, 4.69) is 0 Å². The molecule has 0 aliphatic rings. The lowest BCUT2D eigenvalue weighted by Crippen LogP contribution is -1.81. The van der Waals surface area contributed by atoms with Gasteiger partial charge in [-0.3, -0.25) is 0 Å². The fourth-order valence-electron chi connectivity index (χ4n) is 1.52. The molecule has 0 unspecified atom stereocenters. The molecule has 2 aromatic rings. The largest absolute Gasteiger partial charge is 0.126 e. The third-order valence-corrected chi connectivity index (χ3v) is 3.16. The van der Waals surface area contributed by atoms with Gasteiger partial charge in [-0.1, -0.05) is 77.3 Å². The highest BCUT2D eigenvalue weighted by molar-refractivity contribution is 6.67. The number of hydrogen-bond donors (Lipinski definition) is 0. The number of hydrogen-bond acceptors (Lipinski definition) is 0. The first-order valence-corrected chi connectivity index (χ1v) is 5.52. The summed E-state index contributed by atoms with van der Waals surface area (Å²) in [7, 11) is 0. The van der Waals surface area contributed by atoms with Gasteiger partial charge in [0.2, 0.25) is 0 Å². The van der Waals surface area contributed by atoms with Gasteiger partial charge >= 0.3 is 0 Å². The summed E-state index contributed by atoms with van der Waals surface area (Å²) in [6, 6.07) is 13.8. The highest BCUT2D eigenvalue weighted by atomic mass is 35.5. The maximum atomic E-state index is 6.04. The molecule has 15 heavy (non-hydrogen) atoms. The SMILES string of the molecule is ClC(Cl)=C(Cl)c1cccc2ccccc12. The van der Waals surface area contributed by atoms with Crippen LogP contribution in [0.15, 0.2) is 47.0 Å². The molecule has 0 spiro atoms. The van der Waals surface area contributed by atoms with E-state index in [1.807, 2.05) is 42.5 Å². The summed E-state index contributed by atoms with van der Waals surface area (Å²) in [6.45, 7) is 0. The summed E-state index contributed by atoms with van der Waals surface area (Å²) in [6.07, 6.45) is 0. The van der Waals surface area contributed by atoms with Crippen molar-refractivity contribution in [2.75, 3.05) is 0 Å². The van der Waals surface area contributed by atoms with Gasteiger partial charge in [-0.05, 0) is 10.8 Å². The minimum absolute atomic E-state index is 0.0908. The summed E-state index contributed by atoms with van der Waals surface area (Å²) >= 11 is 17.4. The molecule has 0 aliphatic heterocycles. The molecule has 0 atom stereocenters. The van der Waals surface area contributed by atoms with Crippen molar-refractivity contribution in [1.29, 1.82) is 0 Å². The van der Waals surface area contributed by atoms with Gasteiger partial charge in [0.25, 0.3) is 0 Å². The molecule has 0 heterocycles. The van der Waals surface area contributed by atoms with Crippen molar-refractivity contribution in [3.63, 3.8) is 0 Å². The Labute approximate surface area is 103 Å². The fourth-order valence-corrected chi connectivity index (χ4v) is 1.89. The highest BCUT2D eigenvalue weighted by Gasteiger charge is 2.06. The van der Waals surface area contributed by atoms with Crippen molar-refractivity contribution >= 4 is 50.6 Å². The Hall–Kier alpha value is -0.690. The molecule has 0 aromatic heterocycles. The van der Waals surface area contributed by atoms with E-state index in [1.54, 1.807) is 0 Å². The van der Waals surface area contributed by atoms with Crippen LogP contribution in [-0.2, 0) is 0 Å². The second-order valence-electron chi connectivity index (χ2n) is 3.10. The average Bonchev–Trinajstić information content (AvgIpc) is 2.27. The van der Waals surface area contributed by atoms with Gasteiger partial charge in [-0.15, -0.1) is 0 Å². The summed E-state index contributed by atoms with van der Waals surface area (Å²) in [4.78, 5) is 0. The fraction of sp³-hybridized carbons (Fsp3) is 0. The van der Waals surface area contributed by atoms with E-state index in [1.165, 1.54) is 0 Å². The van der Waals surface area contributed by atoms with Crippen LogP contribution in [0.2, 0.25) is 0 Å². The summed E-state index contributed by atoms with van der Waals surface area (Å²) in [5, 5.41) is 2.54. The number of halogens is 3. The predicted octanol–water partition coefficient (Wildman–Crippen LogP) is 5.18. The molecule has 0 N–H and O–H groups in total. The van der Waals surface area contributed by atoms with Crippen LogP contribution in [0.25, 0.3) is 15.8 Å². The molecule has 0 amide bonds. The minimum atomic E-state index is 0.0908. The van der Waals surface area contributed by atoms with Crippen molar-refractivity contribution in [3.05, 3.63) is 52.5 Å². The van der Waals surface area contributed by atoms with Crippen molar-refractivity contribution in [1.82, 2.24) is 0 Å². The zero-order valence-electron chi connectivity index (χ0n) is 7.68. The molecular weight excluding hydrogens is 250 g/mol. The van der Waals surface area contributed by atoms with Gasteiger partial charge in [0, 0.05) is 5.56 Å². The molecule has 2 aromatic carbocycles. The maximum absolute atomic E-state index is 6.04. The molecular formula is C12H7Cl3. The zero-order chi connectivity index (χ0) is 10.8. The topological polar surface area (TPSA) is 0 Å². The van der Waals surface area contributed by atoms with Crippen LogP contribution in [0, 0.1) is 0 Å². The Kier molecular flexibility index (Phi) is 3.20. The van der Waals surface area contributed by atoms with E-state index < -0.39 is 0 Å². The first-order valence-electron chi connectivity index (χ1n) is 4.39. The number of fused-ring (bicyclic) bond motifs is 1. The smallest absolute Gasteiger partial charge is 0.0810 e. The van der Waals surface area contributed by atoms with Crippen molar-refractivity contribution in [2.24, 2.45) is 0 Å².